The number of rotatable bonds is 5. The Morgan fingerprint density at radius 2 is 1.56 bits per heavy atom. The molecule has 0 saturated heterocycles. The van der Waals surface area contributed by atoms with Gasteiger partial charge in [-0.25, -0.2) is 9.59 Å². The predicted molar refractivity (Wildman–Crippen MR) is 127 cm³/mol. The van der Waals surface area contributed by atoms with E-state index in [4.69, 9.17) is 11.6 Å². The smallest absolute Gasteiger partial charge is 0.416 e. The minimum atomic E-state index is -5.25. The molecule has 41 heavy (non-hydrogen) atoms. The van der Waals surface area contributed by atoms with Crippen LogP contribution in [0.1, 0.15) is 67.3 Å². The Morgan fingerprint density at radius 1 is 0.976 bits per heavy atom. The monoisotopic (exact) mass is 605 g/mol. The van der Waals surface area contributed by atoms with Crippen molar-refractivity contribution in [2.75, 3.05) is 18.6 Å². The van der Waals surface area contributed by atoms with E-state index < -0.39 is 103 Å². The highest BCUT2D eigenvalue weighted by molar-refractivity contribution is 5.90. The number of amides is 2. The van der Waals surface area contributed by atoms with Crippen LogP contribution in [0.15, 0.2) is 36.4 Å². The van der Waals surface area contributed by atoms with Crippen molar-refractivity contribution < 1.29 is 65.4 Å². The lowest BCUT2D eigenvalue weighted by Crippen LogP contribution is -2.48. The molecule has 2 aromatic rings. The molecule has 6 nitrogen and oxygen atoms in total. The quantitative estimate of drug-likeness (QED) is 0.323. The topological polar surface area (TPSA) is 59.1 Å². The summed E-state index contributed by atoms with van der Waals surface area (Å²) in [5.74, 6) is 0. The molecule has 2 aromatic carbocycles. The van der Waals surface area contributed by atoms with E-state index in [9.17, 15) is 49.1 Å². The number of hydrogen-bond acceptors (Lipinski definition) is 4. The van der Waals surface area contributed by atoms with Gasteiger partial charge in [-0.2, -0.15) is 39.5 Å². The van der Waals surface area contributed by atoms with Crippen molar-refractivity contribution >= 4 is 17.9 Å². The zero-order valence-electron chi connectivity index (χ0n) is 26.2. The Morgan fingerprint density at radius 3 is 2.05 bits per heavy atom. The molecular formula is C26H25F9N2O4. The lowest BCUT2D eigenvalue weighted by atomic mass is 9.87. The summed E-state index contributed by atoms with van der Waals surface area (Å²) in [4.78, 5) is 27.4. The maximum absolute atomic E-state index is 13.8. The van der Waals surface area contributed by atoms with E-state index in [2.05, 4.69) is 4.74 Å². The van der Waals surface area contributed by atoms with Crippen LogP contribution >= 0.6 is 0 Å². The van der Waals surface area contributed by atoms with Gasteiger partial charge in [0.15, 0.2) is 0 Å². The van der Waals surface area contributed by atoms with E-state index in [0.717, 1.165) is 13.2 Å². The zero-order valence-corrected chi connectivity index (χ0v) is 21.2. The lowest BCUT2D eigenvalue weighted by molar-refractivity contribution is -0.143. The molecule has 1 heterocycles. The molecule has 1 aliphatic rings. The molecule has 0 saturated carbocycles. The summed E-state index contributed by atoms with van der Waals surface area (Å²) in [5, 5.41) is 0. The van der Waals surface area contributed by atoms with E-state index in [1.165, 1.54) is 6.92 Å². The third-order valence-electron chi connectivity index (χ3n) is 6.43. The van der Waals surface area contributed by atoms with Gasteiger partial charge in [-0.1, -0.05) is 6.92 Å². The molecule has 0 unspecified atom stereocenters. The lowest BCUT2D eigenvalue weighted by Gasteiger charge is -2.43. The minimum Gasteiger partial charge on any atom is -0.453 e. The van der Waals surface area contributed by atoms with Crippen LogP contribution in [0.2, 0.25) is 0 Å². The highest BCUT2D eigenvalue weighted by atomic mass is 19.4. The van der Waals surface area contributed by atoms with Crippen LogP contribution in [0, 0.1) is 0 Å². The summed E-state index contributed by atoms with van der Waals surface area (Å²) in [6, 6.07) is -0.425. The molecule has 15 heteroatoms. The molecule has 0 aliphatic carbocycles. The number of carbonyl (C=O) groups excluding carboxylic acids is 2. The maximum atomic E-state index is 13.8. The Bertz CT molecular complexity index is 1430. The fourth-order valence-electron chi connectivity index (χ4n) is 4.62. The number of ether oxygens (including phenoxy) is 2. The largest absolute Gasteiger partial charge is 0.453 e. The number of fused-ring (bicyclic) bond motifs is 1. The van der Waals surface area contributed by atoms with Crippen LogP contribution in [0.5, 0.6) is 0 Å². The number of methoxy groups -OCH3 is 1. The predicted octanol–water partition coefficient (Wildman–Crippen LogP) is 8.20. The first-order chi connectivity index (χ1) is 20.8. The maximum Gasteiger partial charge on any atom is 0.416 e. The Labute approximate surface area is 235 Å². The third kappa shape index (κ3) is 6.99. The van der Waals surface area contributed by atoms with Gasteiger partial charge in [-0.15, -0.1) is 0 Å². The van der Waals surface area contributed by atoms with E-state index >= 15 is 0 Å². The fourth-order valence-corrected chi connectivity index (χ4v) is 4.62. The molecule has 226 valence electrons. The first-order valence-corrected chi connectivity index (χ1v) is 11.7. The normalized spacial score (nSPS) is 20.1. The van der Waals surface area contributed by atoms with Gasteiger partial charge in [-0.3, -0.25) is 9.80 Å². The van der Waals surface area contributed by atoms with Gasteiger partial charge in [0.2, 0.25) is 0 Å². The van der Waals surface area contributed by atoms with Gasteiger partial charge in [0.05, 0.1) is 44.8 Å². The van der Waals surface area contributed by atoms with Crippen LogP contribution in [0.4, 0.5) is 54.8 Å². The number of anilines is 1. The number of halogens is 9. The van der Waals surface area contributed by atoms with Crippen LogP contribution < -0.4 is 4.90 Å². The van der Waals surface area contributed by atoms with Crippen LogP contribution in [-0.2, 0) is 34.5 Å². The molecule has 0 spiro atoms. The molecule has 2 amide bonds. The Kier molecular flexibility index (Phi) is 7.15. The summed E-state index contributed by atoms with van der Waals surface area (Å²) in [5.41, 5.74) is -6.36. The van der Waals surface area contributed by atoms with Gasteiger partial charge in [-0.05, 0) is 67.2 Å². The van der Waals surface area contributed by atoms with E-state index in [-0.39, 0.29) is 12.5 Å². The second kappa shape index (κ2) is 11.7. The molecule has 1 aliphatic heterocycles. The summed E-state index contributed by atoms with van der Waals surface area (Å²) >= 11 is 0. The summed E-state index contributed by atoms with van der Waals surface area (Å²) in [6.45, 7) is -6.60. The standard InChI is InChI=1S/C26H25F9N2O4/c1-4-18-12-21(19-11-15(24(27,28)29)6-7-20(19)37(18)23(39)41-5-2)36(22(38)40-3)13-14-8-16(25(30,31)32)10-17(9-14)26(33,34)35/h6-11,18,21H,4-5,12-13H2,1-3H3/t18-,21+/m1/s1/i2D3,5D2. The van der Waals surface area contributed by atoms with E-state index in [1.54, 1.807) is 0 Å². The van der Waals surface area contributed by atoms with E-state index in [0.29, 0.717) is 34.1 Å². The van der Waals surface area contributed by atoms with Crippen molar-refractivity contribution in [3.8, 4) is 0 Å². The van der Waals surface area contributed by atoms with Crippen molar-refractivity contribution in [1.82, 2.24) is 4.90 Å². The summed E-state index contributed by atoms with van der Waals surface area (Å²) < 4.78 is 169. The van der Waals surface area contributed by atoms with Crippen LogP contribution in [-0.4, -0.2) is 36.8 Å². The molecule has 0 aromatic heterocycles. The SMILES string of the molecule is [2H]C([2H])([2H])C([2H])([2H])OC(=O)N1c2ccc(C(F)(F)F)cc2[C@@H](N(Cc2cc(C(F)(F)F)cc(C(F)(F)F)c2)C(=O)OC)C[C@H]1CC. The minimum absolute atomic E-state index is 0.0698. The van der Waals surface area contributed by atoms with Crippen molar-refractivity contribution in [2.45, 2.75) is 63.8 Å². The van der Waals surface area contributed by atoms with Crippen LogP contribution in [0.3, 0.4) is 0 Å². The molecule has 0 fully saturated rings. The highest BCUT2D eigenvalue weighted by Gasteiger charge is 2.43. The van der Waals surface area contributed by atoms with Crippen molar-refractivity contribution in [1.29, 1.82) is 0 Å². The Hall–Kier alpha value is -3.65. The number of carbonyl (C=O) groups is 2. The Balaban J connectivity index is 2.24. The highest BCUT2D eigenvalue weighted by Crippen LogP contribution is 2.45. The number of nitrogens with zero attached hydrogens (tertiary/aromatic N) is 2. The van der Waals surface area contributed by atoms with Gasteiger partial charge >= 0.3 is 30.7 Å². The van der Waals surface area contributed by atoms with Gasteiger partial charge < -0.3 is 9.47 Å². The fraction of sp³-hybridized carbons (Fsp3) is 0.462. The van der Waals surface area contributed by atoms with E-state index in [1.807, 2.05) is 0 Å². The average Bonchev–Trinajstić information content (AvgIpc) is 2.91. The van der Waals surface area contributed by atoms with Gasteiger partial charge in [0, 0.05) is 16.7 Å². The first-order valence-electron chi connectivity index (χ1n) is 14.2. The second-order valence-electron chi connectivity index (χ2n) is 8.94. The van der Waals surface area contributed by atoms with Crippen molar-refractivity contribution in [2.24, 2.45) is 0 Å². The molecule has 0 radical (unpaired) electrons. The van der Waals surface area contributed by atoms with Gasteiger partial charge in [0.1, 0.15) is 0 Å². The molecule has 2 atom stereocenters. The van der Waals surface area contributed by atoms with Gasteiger partial charge in [0.25, 0.3) is 0 Å². The van der Waals surface area contributed by atoms with Crippen LogP contribution in [0.25, 0.3) is 0 Å². The second-order valence-corrected chi connectivity index (χ2v) is 8.94. The summed E-state index contributed by atoms with van der Waals surface area (Å²) in [6.07, 6.45) is -19.1. The third-order valence-corrected chi connectivity index (χ3v) is 6.43. The molecule has 3 rings (SSSR count). The molecule has 0 bridgehead atoms. The number of alkyl halides is 9. The molecular weight excluding hydrogens is 575 g/mol. The van der Waals surface area contributed by atoms with Crippen molar-refractivity contribution in [3.05, 3.63) is 64.2 Å². The van der Waals surface area contributed by atoms with Crippen molar-refractivity contribution in [3.63, 3.8) is 0 Å². The number of benzene rings is 2. The first kappa shape index (κ1) is 25.1. The summed E-state index contributed by atoms with van der Waals surface area (Å²) in [7, 11) is 0.816. The zero-order chi connectivity index (χ0) is 35.2. The number of hydrogen-bond donors (Lipinski definition) is 0. The molecule has 0 N–H and O–H groups in total. The average molecular weight is 606 g/mol.